The fourth-order valence-corrected chi connectivity index (χ4v) is 4.39. The Morgan fingerprint density at radius 2 is 1.94 bits per heavy atom. The molecule has 7 heteroatoms. The molecule has 3 heterocycles. The number of hydrogen-bond donors (Lipinski definition) is 2. The lowest BCUT2D eigenvalue weighted by atomic mass is 10.0. The van der Waals surface area contributed by atoms with Crippen molar-refractivity contribution in [1.29, 1.82) is 0 Å². The van der Waals surface area contributed by atoms with Gasteiger partial charge >= 0.3 is 0 Å². The summed E-state index contributed by atoms with van der Waals surface area (Å²) < 4.78 is 0. The summed E-state index contributed by atoms with van der Waals surface area (Å²) in [4.78, 5) is 23.7. The summed E-state index contributed by atoms with van der Waals surface area (Å²) in [7, 11) is 0. The summed E-state index contributed by atoms with van der Waals surface area (Å²) >= 11 is 6.25. The fraction of sp³-hybridized carbons (Fsp3) is 0.179. The zero-order chi connectivity index (χ0) is 24.2. The van der Waals surface area contributed by atoms with Gasteiger partial charge in [0.05, 0.1) is 5.69 Å². The second-order valence-electron chi connectivity index (χ2n) is 8.63. The van der Waals surface area contributed by atoms with Crippen LogP contribution >= 0.6 is 11.6 Å². The van der Waals surface area contributed by atoms with Gasteiger partial charge in [-0.05, 0) is 65.6 Å². The van der Waals surface area contributed by atoms with Crippen molar-refractivity contribution in [2.24, 2.45) is 0 Å². The third-order valence-electron chi connectivity index (χ3n) is 6.21. The number of rotatable bonds is 6. The molecule has 35 heavy (non-hydrogen) atoms. The van der Waals surface area contributed by atoms with E-state index in [0.29, 0.717) is 12.1 Å². The normalized spacial score (nSPS) is 12.6. The predicted octanol–water partition coefficient (Wildman–Crippen LogP) is 5.47. The third kappa shape index (κ3) is 5.28. The molecular formula is C28H26ClN5O. The van der Waals surface area contributed by atoms with Crippen LogP contribution in [-0.2, 0) is 13.1 Å². The molecule has 6 nitrogen and oxygen atoms in total. The van der Waals surface area contributed by atoms with Gasteiger partial charge in [0.2, 0.25) is 0 Å². The van der Waals surface area contributed by atoms with E-state index in [1.807, 2.05) is 54.7 Å². The first-order valence-corrected chi connectivity index (χ1v) is 12.0. The number of nitrogens with one attached hydrogen (secondary N) is 2. The van der Waals surface area contributed by atoms with Gasteiger partial charge in [-0.15, -0.1) is 0 Å². The quantitative estimate of drug-likeness (QED) is 0.380. The molecule has 0 fully saturated rings. The lowest BCUT2D eigenvalue weighted by Crippen LogP contribution is -2.34. The van der Waals surface area contributed by atoms with Crippen LogP contribution in [0.4, 0.5) is 11.5 Å². The van der Waals surface area contributed by atoms with Gasteiger partial charge in [-0.3, -0.25) is 9.78 Å². The van der Waals surface area contributed by atoms with Crippen LogP contribution in [0.25, 0.3) is 11.1 Å². The van der Waals surface area contributed by atoms with Crippen molar-refractivity contribution in [2.75, 3.05) is 23.3 Å². The number of halogens is 1. The molecule has 0 bridgehead atoms. The number of amides is 1. The Balaban J connectivity index is 1.33. The predicted molar refractivity (Wildman–Crippen MR) is 141 cm³/mol. The summed E-state index contributed by atoms with van der Waals surface area (Å²) in [5.74, 6) is 0.766. The fourth-order valence-electron chi connectivity index (χ4n) is 4.20. The first kappa shape index (κ1) is 22.9. The van der Waals surface area contributed by atoms with Gasteiger partial charge in [-0.25, -0.2) is 4.98 Å². The largest absolute Gasteiger partial charge is 0.367 e. The summed E-state index contributed by atoms with van der Waals surface area (Å²) in [6, 6.07) is 19.6. The molecule has 176 valence electrons. The second-order valence-corrected chi connectivity index (χ2v) is 9.07. The Morgan fingerprint density at radius 3 is 2.74 bits per heavy atom. The number of anilines is 2. The molecule has 0 spiro atoms. The molecule has 1 aliphatic rings. The van der Waals surface area contributed by atoms with E-state index >= 15 is 0 Å². The van der Waals surface area contributed by atoms with E-state index in [0.717, 1.165) is 52.9 Å². The number of hydrogen-bond acceptors (Lipinski definition) is 5. The number of benzene rings is 2. The Labute approximate surface area is 210 Å². The minimum atomic E-state index is -0.115. The van der Waals surface area contributed by atoms with Crippen LogP contribution in [0.3, 0.4) is 0 Å². The van der Waals surface area contributed by atoms with Crippen molar-refractivity contribution in [3.63, 3.8) is 0 Å². The molecule has 0 saturated heterocycles. The van der Waals surface area contributed by atoms with Gasteiger partial charge in [-0.1, -0.05) is 35.9 Å². The Hall–Kier alpha value is -3.90. The molecule has 1 aliphatic heterocycles. The number of fused-ring (bicyclic) bond motifs is 1. The number of aromatic nitrogens is 2. The molecule has 5 rings (SSSR count). The Morgan fingerprint density at radius 1 is 1.09 bits per heavy atom. The van der Waals surface area contributed by atoms with Gasteiger partial charge in [0.25, 0.3) is 5.91 Å². The van der Waals surface area contributed by atoms with Gasteiger partial charge in [0.15, 0.2) is 0 Å². The van der Waals surface area contributed by atoms with E-state index in [2.05, 4.69) is 44.6 Å². The van der Waals surface area contributed by atoms with Crippen molar-refractivity contribution < 1.29 is 4.79 Å². The number of aryl methyl sites for hydroxylation is 1. The van der Waals surface area contributed by atoms with E-state index < -0.39 is 0 Å². The molecule has 0 aliphatic carbocycles. The highest BCUT2D eigenvalue weighted by Crippen LogP contribution is 2.33. The van der Waals surface area contributed by atoms with Crippen LogP contribution in [0.1, 0.15) is 27.0 Å². The lowest BCUT2D eigenvalue weighted by Gasteiger charge is -2.32. The van der Waals surface area contributed by atoms with E-state index in [-0.39, 0.29) is 5.91 Å². The Bertz CT molecular complexity index is 1340. The number of nitrogens with zero attached hydrogens (tertiary/aromatic N) is 3. The minimum absolute atomic E-state index is 0.115. The van der Waals surface area contributed by atoms with Crippen molar-refractivity contribution in [2.45, 2.75) is 20.0 Å². The highest BCUT2D eigenvalue weighted by Gasteiger charge is 2.20. The van der Waals surface area contributed by atoms with Gasteiger partial charge in [0.1, 0.15) is 5.82 Å². The molecule has 0 saturated carbocycles. The summed E-state index contributed by atoms with van der Waals surface area (Å²) in [5, 5.41) is 7.08. The second kappa shape index (κ2) is 10.2. The van der Waals surface area contributed by atoms with Crippen LogP contribution in [-0.4, -0.2) is 29.0 Å². The summed E-state index contributed by atoms with van der Waals surface area (Å²) in [5.41, 5.74) is 7.07. The average Bonchev–Trinajstić information content (AvgIpc) is 2.90. The molecule has 0 radical (unpaired) electrons. The third-order valence-corrected chi connectivity index (χ3v) is 6.45. The molecule has 0 atom stereocenters. The van der Waals surface area contributed by atoms with Gasteiger partial charge < -0.3 is 15.5 Å². The zero-order valence-corrected chi connectivity index (χ0v) is 20.2. The molecule has 2 aromatic carbocycles. The number of carbonyl (C=O) groups excluding carboxylic acids is 1. The van der Waals surface area contributed by atoms with E-state index in [1.165, 1.54) is 11.1 Å². The first-order valence-electron chi connectivity index (χ1n) is 11.6. The zero-order valence-electron chi connectivity index (χ0n) is 19.5. The highest BCUT2D eigenvalue weighted by molar-refractivity contribution is 6.30. The maximum atomic E-state index is 12.6. The van der Waals surface area contributed by atoms with E-state index in [9.17, 15) is 4.79 Å². The van der Waals surface area contributed by atoms with E-state index in [4.69, 9.17) is 11.6 Å². The average molecular weight is 484 g/mol. The topological polar surface area (TPSA) is 70.2 Å². The van der Waals surface area contributed by atoms with Crippen LogP contribution in [0, 0.1) is 6.92 Å². The van der Waals surface area contributed by atoms with E-state index in [1.54, 1.807) is 12.4 Å². The number of pyridine rings is 2. The van der Waals surface area contributed by atoms with Crippen LogP contribution < -0.4 is 15.5 Å². The summed E-state index contributed by atoms with van der Waals surface area (Å²) in [6.07, 6.45) is 5.34. The summed E-state index contributed by atoms with van der Waals surface area (Å²) in [6.45, 7) is 5.03. The Kier molecular flexibility index (Phi) is 6.64. The maximum absolute atomic E-state index is 12.6. The standard InChI is InChI=1S/C28H26ClN5O/c1-19-4-9-25(29)13-24(19)18-34-12-11-31-27-26(34)14-23(17-32-27)21-5-7-22(8-6-21)28(35)33-16-20-3-2-10-30-15-20/h2-10,13-15,17H,11-12,16,18H2,1H3,(H,31,32)(H,33,35). The molecule has 2 N–H and O–H groups in total. The molecule has 1 amide bonds. The van der Waals surface area contributed by atoms with Crippen molar-refractivity contribution in [1.82, 2.24) is 15.3 Å². The van der Waals surface area contributed by atoms with Crippen molar-refractivity contribution in [3.8, 4) is 11.1 Å². The molecule has 4 aromatic rings. The van der Waals surface area contributed by atoms with Crippen molar-refractivity contribution >= 4 is 29.0 Å². The number of carbonyl (C=O) groups is 1. The van der Waals surface area contributed by atoms with Gasteiger partial charge in [-0.2, -0.15) is 0 Å². The van der Waals surface area contributed by atoms with Crippen LogP contribution in [0.5, 0.6) is 0 Å². The lowest BCUT2D eigenvalue weighted by molar-refractivity contribution is 0.0951. The smallest absolute Gasteiger partial charge is 0.251 e. The van der Waals surface area contributed by atoms with Crippen LogP contribution in [0.2, 0.25) is 5.02 Å². The maximum Gasteiger partial charge on any atom is 0.251 e. The molecule has 0 unspecified atom stereocenters. The SMILES string of the molecule is Cc1ccc(Cl)cc1CN1CCNc2ncc(-c3ccc(C(=O)NCc4cccnc4)cc3)cc21. The minimum Gasteiger partial charge on any atom is -0.367 e. The monoisotopic (exact) mass is 483 g/mol. The van der Waals surface area contributed by atoms with Crippen molar-refractivity contribution in [3.05, 3.63) is 107 Å². The highest BCUT2D eigenvalue weighted by atomic mass is 35.5. The first-order chi connectivity index (χ1) is 17.1. The molecule has 2 aromatic heterocycles. The molecular weight excluding hydrogens is 458 g/mol. The van der Waals surface area contributed by atoms with Gasteiger partial charge in [0, 0.05) is 60.9 Å². The van der Waals surface area contributed by atoms with Crippen LogP contribution in [0.15, 0.2) is 79.3 Å².